The number of rotatable bonds is 3. The Morgan fingerprint density at radius 2 is 2.42 bits per heavy atom. The number of anilines is 1. The van der Waals surface area contributed by atoms with Gasteiger partial charge in [0.1, 0.15) is 11.8 Å². The monoisotopic (exact) mass is 266 g/mol. The summed E-state index contributed by atoms with van der Waals surface area (Å²) in [6.45, 7) is 2.94. The topological polar surface area (TPSA) is 52.0 Å². The Bertz CT molecular complexity index is 484. The van der Waals surface area contributed by atoms with E-state index in [4.69, 9.17) is 5.26 Å². The van der Waals surface area contributed by atoms with Crippen LogP contribution in [0.15, 0.2) is 18.3 Å². The normalized spacial score (nSPS) is 22.7. The molecule has 4 nitrogen and oxygen atoms in total. The van der Waals surface area contributed by atoms with Crippen LogP contribution in [-0.2, 0) is 0 Å². The van der Waals surface area contributed by atoms with Gasteiger partial charge in [0, 0.05) is 18.4 Å². The number of pyridine rings is 1. The van der Waals surface area contributed by atoms with Gasteiger partial charge in [-0.3, -0.25) is 4.90 Å². The minimum atomic E-state index is -2.77. The molecule has 1 N–H and O–H groups in total. The van der Waals surface area contributed by atoms with E-state index >= 15 is 0 Å². The molecule has 0 saturated carbocycles. The van der Waals surface area contributed by atoms with Crippen molar-refractivity contribution in [1.82, 2.24) is 9.88 Å². The maximum absolute atomic E-state index is 14.0. The second-order valence-electron chi connectivity index (χ2n) is 4.66. The first-order valence-corrected chi connectivity index (χ1v) is 6.28. The molecule has 1 unspecified atom stereocenters. The van der Waals surface area contributed by atoms with Crippen LogP contribution in [0.3, 0.4) is 0 Å². The van der Waals surface area contributed by atoms with Crippen LogP contribution < -0.4 is 5.32 Å². The average Bonchev–Trinajstić information content (AvgIpc) is 2.41. The number of hydrogen-bond donors (Lipinski definition) is 1. The number of nitriles is 1. The summed E-state index contributed by atoms with van der Waals surface area (Å²) in [5, 5.41) is 11.6. The Balaban J connectivity index is 2.08. The molecular weight excluding hydrogens is 250 g/mol. The fraction of sp³-hybridized carbons (Fsp3) is 0.538. The quantitative estimate of drug-likeness (QED) is 0.910. The van der Waals surface area contributed by atoms with Crippen LogP contribution in [0.2, 0.25) is 0 Å². The van der Waals surface area contributed by atoms with Gasteiger partial charge in [0.05, 0.1) is 12.6 Å². The number of nitrogens with one attached hydrogen (secondary N) is 1. The lowest BCUT2D eigenvalue weighted by Gasteiger charge is -2.38. The molecule has 0 amide bonds. The van der Waals surface area contributed by atoms with E-state index in [1.165, 1.54) is 12.3 Å². The molecule has 1 aromatic heterocycles. The van der Waals surface area contributed by atoms with E-state index in [1.54, 1.807) is 11.0 Å². The summed E-state index contributed by atoms with van der Waals surface area (Å²) < 4.78 is 28.0. The first-order valence-electron chi connectivity index (χ1n) is 6.28. The molecule has 1 fully saturated rings. The molecule has 1 atom stereocenters. The summed E-state index contributed by atoms with van der Waals surface area (Å²) in [5.74, 6) is -2.77. The molecule has 6 heteroatoms. The third-order valence-electron chi connectivity index (χ3n) is 3.34. The molecular formula is C13H16F2N4. The molecule has 2 heterocycles. The zero-order valence-electron chi connectivity index (χ0n) is 10.7. The molecule has 0 aromatic carbocycles. The highest BCUT2D eigenvalue weighted by Gasteiger charge is 2.44. The highest BCUT2D eigenvalue weighted by atomic mass is 19.3. The van der Waals surface area contributed by atoms with Gasteiger partial charge in [0.25, 0.3) is 5.92 Å². The van der Waals surface area contributed by atoms with Crippen molar-refractivity contribution in [3.05, 3.63) is 24.0 Å². The molecule has 1 aromatic rings. The summed E-state index contributed by atoms with van der Waals surface area (Å²) >= 11 is 0. The summed E-state index contributed by atoms with van der Waals surface area (Å²) in [7, 11) is 0. The molecule has 1 aliphatic rings. The van der Waals surface area contributed by atoms with E-state index in [0.717, 1.165) is 0 Å². The molecule has 2 rings (SSSR count). The fourth-order valence-electron chi connectivity index (χ4n) is 2.24. The lowest BCUT2D eigenvalue weighted by atomic mass is 10.0. The molecule has 1 aliphatic heterocycles. The largest absolute Gasteiger partial charge is 0.376 e. The van der Waals surface area contributed by atoms with Crippen LogP contribution in [0, 0.1) is 11.3 Å². The van der Waals surface area contributed by atoms with Crippen molar-refractivity contribution in [3.63, 3.8) is 0 Å². The number of hydrogen-bond acceptors (Lipinski definition) is 4. The smallest absolute Gasteiger partial charge is 0.280 e. The second kappa shape index (κ2) is 5.49. The maximum Gasteiger partial charge on any atom is 0.280 e. The standard InChI is InChI=1S/C13H16F2N4/c1-2-19-6-4-12(13(14,15)9-19)18-10-3-5-17-11(7-10)8-16/h3,5,7,12H,2,4,6,9H2,1H3,(H,17,18). The molecule has 102 valence electrons. The fourth-order valence-corrected chi connectivity index (χ4v) is 2.24. The van der Waals surface area contributed by atoms with Crippen LogP contribution in [0.25, 0.3) is 0 Å². The van der Waals surface area contributed by atoms with Crippen LogP contribution in [0.4, 0.5) is 14.5 Å². The maximum atomic E-state index is 14.0. The van der Waals surface area contributed by atoms with Gasteiger partial charge in [-0.25, -0.2) is 13.8 Å². The Morgan fingerprint density at radius 1 is 1.63 bits per heavy atom. The van der Waals surface area contributed by atoms with Crippen LogP contribution in [0.5, 0.6) is 0 Å². The van der Waals surface area contributed by atoms with E-state index in [0.29, 0.717) is 25.2 Å². The van der Waals surface area contributed by atoms with Crippen molar-refractivity contribution in [2.24, 2.45) is 0 Å². The SMILES string of the molecule is CCN1CCC(Nc2ccnc(C#N)c2)C(F)(F)C1. The number of likely N-dealkylation sites (tertiary alicyclic amines) is 1. The van der Waals surface area contributed by atoms with Crippen LogP contribution in [-0.4, -0.2) is 41.5 Å². The number of alkyl halides is 2. The Kier molecular flexibility index (Phi) is 3.96. The van der Waals surface area contributed by atoms with E-state index in [1.807, 2.05) is 13.0 Å². The van der Waals surface area contributed by atoms with E-state index in [9.17, 15) is 8.78 Å². The third kappa shape index (κ3) is 3.18. The highest BCUT2D eigenvalue weighted by Crippen LogP contribution is 2.29. The van der Waals surface area contributed by atoms with Gasteiger partial charge < -0.3 is 5.32 Å². The van der Waals surface area contributed by atoms with Crippen LogP contribution >= 0.6 is 0 Å². The minimum absolute atomic E-state index is 0.222. The first kappa shape index (κ1) is 13.7. The molecule has 0 radical (unpaired) electrons. The molecule has 0 spiro atoms. The van der Waals surface area contributed by atoms with E-state index in [2.05, 4.69) is 10.3 Å². The lowest BCUT2D eigenvalue weighted by Crippen LogP contribution is -2.54. The van der Waals surface area contributed by atoms with Crippen molar-refractivity contribution in [2.45, 2.75) is 25.3 Å². The van der Waals surface area contributed by atoms with Crippen molar-refractivity contribution in [1.29, 1.82) is 5.26 Å². The molecule has 19 heavy (non-hydrogen) atoms. The molecule has 0 bridgehead atoms. The van der Waals surface area contributed by atoms with Gasteiger partial charge in [-0.2, -0.15) is 5.26 Å². The summed E-state index contributed by atoms with van der Waals surface area (Å²) in [4.78, 5) is 5.56. The van der Waals surface area contributed by atoms with Crippen molar-refractivity contribution in [2.75, 3.05) is 25.0 Å². The number of halogens is 2. The highest BCUT2D eigenvalue weighted by molar-refractivity contribution is 5.47. The Hall–Kier alpha value is -1.74. The van der Waals surface area contributed by atoms with Gasteiger partial charge in [-0.15, -0.1) is 0 Å². The predicted molar refractivity (Wildman–Crippen MR) is 68.0 cm³/mol. The zero-order chi connectivity index (χ0) is 13.9. The van der Waals surface area contributed by atoms with Crippen molar-refractivity contribution < 1.29 is 8.78 Å². The Morgan fingerprint density at radius 3 is 3.05 bits per heavy atom. The molecule has 1 saturated heterocycles. The van der Waals surface area contributed by atoms with Gasteiger partial charge in [0.15, 0.2) is 0 Å². The lowest BCUT2D eigenvalue weighted by molar-refractivity contribution is -0.0724. The van der Waals surface area contributed by atoms with Gasteiger partial charge >= 0.3 is 0 Å². The number of nitrogens with zero attached hydrogens (tertiary/aromatic N) is 3. The van der Waals surface area contributed by atoms with Gasteiger partial charge in [-0.1, -0.05) is 6.92 Å². The van der Waals surface area contributed by atoms with Gasteiger partial charge in [-0.05, 0) is 25.1 Å². The third-order valence-corrected chi connectivity index (χ3v) is 3.34. The van der Waals surface area contributed by atoms with Crippen molar-refractivity contribution >= 4 is 5.69 Å². The Labute approximate surface area is 111 Å². The van der Waals surface area contributed by atoms with Gasteiger partial charge in [0.2, 0.25) is 0 Å². The van der Waals surface area contributed by atoms with E-state index in [-0.39, 0.29) is 12.2 Å². The van der Waals surface area contributed by atoms with Crippen LogP contribution in [0.1, 0.15) is 19.0 Å². The summed E-state index contributed by atoms with van der Waals surface area (Å²) in [6.07, 6.45) is 1.82. The minimum Gasteiger partial charge on any atom is -0.376 e. The molecule has 0 aliphatic carbocycles. The summed E-state index contributed by atoms with van der Waals surface area (Å²) in [6, 6.07) is 4.08. The summed E-state index contributed by atoms with van der Waals surface area (Å²) in [5.41, 5.74) is 0.737. The predicted octanol–water partition coefficient (Wildman–Crippen LogP) is 2.09. The first-order chi connectivity index (χ1) is 9.05. The van der Waals surface area contributed by atoms with E-state index < -0.39 is 12.0 Å². The van der Waals surface area contributed by atoms with Crippen molar-refractivity contribution in [3.8, 4) is 6.07 Å². The number of aromatic nitrogens is 1. The second-order valence-corrected chi connectivity index (χ2v) is 4.66. The average molecular weight is 266 g/mol. The number of piperidine rings is 1. The zero-order valence-corrected chi connectivity index (χ0v) is 10.7.